The number of rotatable bonds is 8. The van der Waals surface area contributed by atoms with Crippen LogP contribution >= 0.6 is 0 Å². The highest BCUT2D eigenvalue weighted by Crippen LogP contribution is 2.18. The van der Waals surface area contributed by atoms with Crippen LogP contribution in [-0.4, -0.2) is 26.4 Å². The molecular weight excluding hydrogens is 374 g/mol. The van der Waals surface area contributed by atoms with Crippen molar-refractivity contribution in [2.24, 2.45) is 0 Å². The Labute approximate surface area is 167 Å². The fourth-order valence-electron chi connectivity index (χ4n) is 2.63. The maximum absolute atomic E-state index is 12.4. The highest BCUT2D eigenvalue weighted by molar-refractivity contribution is 7.89. The molecule has 0 saturated carbocycles. The molecule has 0 heterocycles. The van der Waals surface area contributed by atoms with Crippen LogP contribution in [0.4, 0.5) is 11.4 Å². The molecule has 1 amide bonds. The van der Waals surface area contributed by atoms with E-state index in [-0.39, 0.29) is 16.8 Å². The summed E-state index contributed by atoms with van der Waals surface area (Å²) < 4.78 is 26.8. The Hall–Kier alpha value is -2.38. The van der Waals surface area contributed by atoms with Crippen LogP contribution in [0.5, 0.6) is 0 Å². The van der Waals surface area contributed by atoms with E-state index in [1.165, 1.54) is 17.7 Å². The number of carbonyl (C=O) groups is 1. The Balaban J connectivity index is 1.98. The number of carbonyl (C=O) groups excluding carboxylic acids is 1. The molecule has 0 aliphatic carbocycles. The number of sulfonamides is 1. The summed E-state index contributed by atoms with van der Waals surface area (Å²) in [5, 5.41) is 5.96. The molecule has 2 aromatic carbocycles. The third-order valence-corrected chi connectivity index (χ3v) is 5.85. The van der Waals surface area contributed by atoms with Gasteiger partial charge < -0.3 is 10.6 Å². The van der Waals surface area contributed by atoms with Crippen molar-refractivity contribution in [3.8, 4) is 0 Å². The molecule has 2 rings (SSSR count). The molecule has 0 spiro atoms. The van der Waals surface area contributed by atoms with E-state index >= 15 is 0 Å². The van der Waals surface area contributed by atoms with Crippen LogP contribution in [0.25, 0.3) is 0 Å². The van der Waals surface area contributed by atoms with Crippen molar-refractivity contribution in [3.05, 3.63) is 54.1 Å². The number of hydrogen-bond donors (Lipinski definition) is 3. The lowest BCUT2D eigenvalue weighted by atomic mass is 10.0. The summed E-state index contributed by atoms with van der Waals surface area (Å²) >= 11 is 0. The first-order chi connectivity index (χ1) is 13.1. The highest BCUT2D eigenvalue weighted by Gasteiger charge is 2.16. The predicted molar refractivity (Wildman–Crippen MR) is 114 cm³/mol. The third kappa shape index (κ3) is 6.07. The zero-order chi connectivity index (χ0) is 20.9. The first-order valence-corrected chi connectivity index (χ1v) is 10.9. The number of anilines is 2. The van der Waals surface area contributed by atoms with Gasteiger partial charge in [0.15, 0.2) is 0 Å². The van der Waals surface area contributed by atoms with E-state index in [1.54, 1.807) is 32.9 Å². The molecule has 0 aliphatic heterocycles. The molecule has 2 aromatic rings. The molecule has 0 bridgehead atoms. The molecule has 0 aromatic heterocycles. The van der Waals surface area contributed by atoms with Crippen LogP contribution in [-0.2, 0) is 14.8 Å². The summed E-state index contributed by atoms with van der Waals surface area (Å²) in [5.41, 5.74) is 2.65. The molecule has 1 atom stereocenters. The van der Waals surface area contributed by atoms with Gasteiger partial charge >= 0.3 is 0 Å². The standard InChI is InChI=1S/C21H29N3O3S/c1-14(2)17-6-8-18(9-7-17)22-16(5)21(25)23-19-10-12-20(13-11-19)28(26,27)24-15(3)4/h6-16,22,24H,1-5H3,(H,23,25). The van der Waals surface area contributed by atoms with E-state index < -0.39 is 16.1 Å². The van der Waals surface area contributed by atoms with Crippen LogP contribution in [0.1, 0.15) is 46.1 Å². The van der Waals surface area contributed by atoms with E-state index in [2.05, 4.69) is 29.2 Å². The highest BCUT2D eigenvalue weighted by atomic mass is 32.2. The molecule has 28 heavy (non-hydrogen) atoms. The summed E-state index contributed by atoms with van der Waals surface area (Å²) in [5.74, 6) is 0.251. The molecule has 0 aliphatic rings. The second-order valence-corrected chi connectivity index (χ2v) is 9.15. The molecule has 0 radical (unpaired) electrons. The third-order valence-electron chi connectivity index (χ3n) is 4.18. The van der Waals surface area contributed by atoms with Gasteiger partial charge in [-0.15, -0.1) is 0 Å². The lowest BCUT2D eigenvalue weighted by Gasteiger charge is -2.16. The monoisotopic (exact) mass is 403 g/mol. The predicted octanol–water partition coefficient (Wildman–Crippen LogP) is 3.94. The van der Waals surface area contributed by atoms with E-state index in [0.29, 0.717) is 11.6 Å². The maximum Gasteiger partial charge on any atom is 0.246 e. The first kappa shape index (κ1) is 21.9. The Bertz CT molecular complexity index is 889. The second-order valence-electron chi connectivity index (χ2n) is 7.43. The van der Waals surface area contributed by atoms with E-state index in [4.69, 9.17) is 0 Å². The van der Waals surface area contributed by atoms with Crippen LogP contribution in [0.3, 0.4) is 0 Å². The average Bonchev–Trinajstić information content (AvgIpc) is 2.61. The Morgan fingerprint density at radius 1 is 0.821 bits per heavy atom. The normalized spacial score (nSPS) is 12.8. The van der Waals surface area contributed by atoms with Crippen molar-refractivity contribution >= 4 is 27.3 Å². The second kappa shape index (κ2) is 9.21. The van der Waals surface area contributed by atoms with Gasteiger partial charge in [0.1, 0.15) is 6.04 Å². The van der Waals surface area contributed by atoms with Crippen molar-refractivity contribution in [2.45, 2.75) is 57.5 Å². The molecule has 6 nitrogen and oxygen atoms in total. The molecule has 3 N–H and O–H groups in total. The van der Waals surface area contributed by atoms with Gasteiger partial charge in [0, 0.05) is 17.4 Å². The summed E-state index contributed by atoms with van der Waals surface area (Å²) in [6.45, 7) is 9.56. The van der Waals surface area contributed by atoms with Crippen molar-refractivity contribution in [1.82, 2.24) is 4.72 Å². The minimum absolute atomic E-state index is 0.163. The number of nitrogens with one attached hydrogen (secondary N) is 3. The van der Waals surface area contributed by atoms with Crippen molar-refractivity contribution in [3.63, 3.8) is 0 Å². The minimum atomic E-state index is -3.55. The largest absolute Gasteiger partial charge is 0.374 e. The maximum atomic E-state index is 12.4. The Morgan fingerprint density at radius 3 is 1.86 bits per heavy atom. The van der Waals surface area contributed by atoms with Crippen molar-refractivity contribution in [1.29, 1.82) is 0 Å². The lowest BCUT2D eigenvalue weighted by molar-refractivity contribution is -0.116. The van der Waals surface area contributed by atoms with Crippen molar-refractivity contribution < 1.29 is 13.2 Å². The van der Waals surface area contributed by atoms with Crippen LogP contribution in [0.15, 0.2) is 53.4 Å². The molecule has 7 heteroatoms. The topological polar surface area (TPSA) is 87.3 Å². The van der Waals surface area contributed by atoms with E-state index in [9.17, 15) is 13.2 Å². The van der Waals surface area contributed by atoms with Gasteiger partial charge in [-0.1, -0.05) is 26.0 Å². The van der Waals surface area contributed by atoms with Crippen molar-refractivity contribution in [2.75, 3.05) is 10.6 Å². The van der Waals surface area contributed by atoms with Gasteiger partial charge in [-0.05, 0) is 68.7 Å². The molecule has 1 unspecified atom stereocenters. The van der Waals surface area contributed by atoms with Crippen LogP contribution in [0.2, 0.25) is 0 Å². The fourth-order valence-corrected chi connectivity index (χ4v) is 3.88. The minimum Gasteiger partial charge on any atom is -0.374 e. The Morgan fingerprint density at radius 2 is 1.36 bits per heavy atom. The fraction of sp³-hybridized carbons (Fsp3) is 0.381. The summed E-state index contributed by atoms with van der Waals surface area (Å²) in [6, 6.07) is 13.5. The summed E-state index contributed by atoms with van der Waals surface area (Å²) in [6.07, 6.45) is 0. The zero-order valence-corrected chi connectivity index (χ0v) is 17.8. The van der Waals surface area contributed by atoms with Gasteiger partial charge in [-0.25, -0.2) is 13.1 Å². The molecule has 0 saturated heterocycles. The zero-order valence-electron chi connectivity index (χ0n) is 17.0. The lowest BCUT2D eigenvalue weighted by Crippen LogP contribution is -2.32. The van der Waals surface area contributed by atoms with Gasteiger partial charge in [0.2, 0.25) is 15.9 Å². The quantitative estimate of drug-likeness (QED) is 0.623. The Kier molecular flexibility index (Phi) is 7.21. The number of amides is 1. The van der Waals surface area contributed by atoms with E-state index in [0.717, 1.165) is 5.69 Å². The van der Waals surface area contributed by atoms with Crippen LogP contribution in [0, 0.1) is 0 Å². The first-order valence-electron chi connectivity index (χ1n) is 9.38. The average molecular weight is 404 g/mol. The van der Waals surface area contributed by atoms with Crippen LogP contribution < -0.4 is 15.4 Å². The number of benzene rings is 2. The van der Waals surface area contributed by atoms with E-state index in [1.807, 2.05) is 24.3 Å². The summed E-state index contributed by atoms with van der Waals surface area (Å²) in [7, 11) is -3.55. The molecule has 152 valence electrons. The van der Waals surface area contributed by atoms with Gasteiger partial charge in [-0.2, -0.15) is 0 Å². The smallest absolute Gasteiger partial charge is 0.246 e. The SMILES string of the molecule is CC(C)NS(=O)(=O)c1ccc(NC(=O)C(C)Nc2ccc(C(C)C)cc2)cc1. The van der Waals surface area contributed by atoms with Gasteiger partial charge in [0.05, 0.1) is 4.90 Å². The molecule has 0 fully saturated rings. The van der Waals surface area contributed by atoms with Gasteiger partial charge in [0.25, 0.3) is 0 Å². The number of hydrogen-bond acceptors (Lipinski definition) is 4. The van der Waals surface area contributed by atoms with Gasteiger partial charge in [-0.3, -0.25) is 4.79 Å². The summed E-state index contributed by atoms with van der Waals surface area (Å²) in [4.78, 5) is 12.6. The molecular formula is C21H29N3O3S.